The van der Waals surface area contributed by atoms with E-state index in [4.69, 9.17) is 9.47 Å². The Balaban J connectivity index is 1.83. The van der Waals surface area contributed by atoms with Gasteiger partial charge in [0.15, 0.2) is 0 Å². The largest absolute Gasteiger partial charge is 0.382 e. The number of rotatable bonds is 7. The van der Waals surface area contributed by atoms with Crippen molar-refractivity contribution in [2.24, 2.45) is 0 Å². The van der Waals surface area contributed by atoms with Crippen LogP contribution in [-0.2, 0) is 9.47 Å². The zero-order valence-electron chi connectivity index (χ0n) is 8.21. The van der Waals surface area contributed by atoms with Gasteiger partial charge < -0.3 is 9.47 Å². The average Bonchev–Trinajstić information content (AvgIpc) is 2.79. The first-order valence-electron chi connectivity index (χ1n) is 5.03. The molecule has 0 aliphatic carbocycles. The van der Waals surface area contributed by atoms with Crippen molar-refractivity contribution in [3.63, 3.8) is 0 Å². The third-order valence-corrected chi connectivity index (χ3v) is 2.36. The number of hydrogen-bond acceptors (Lipinski definition) is 2. The summed E-state index contributed by atoms with van der Waals surface area (Å²) in [7, 11) is 1.73. The first kappa shape index (κ1) is 10.0. The Morgan fingerprint density at radius 1 is 1.17 bits per heavy atom. The van der Waals surface area contributed by atoms with E-state index in [9.17, 15) is 0 Å². The molecule has 2 atom stereocenters. The lowest BCUT2D eigenvalue weighted by molar-refractivity contribution is 0.171. The van der Waals surface area contributed by atoms with Crippen LogP contribution >= 0.6 is 0 Å². The minimum Gasteiger partial charge on any atom is -0.382 e. The van der Waals surface area contributed by atoms with Gasteiger partial charge in [0.25, 0.3) is 0 Å². The summed E-state index contributed by atoms with van der Waals surface area (Å²) >= 11 is 0. The second-order valence-electron chi connectivity index (χ2n) is 3.52. The molecule has 0 aromatic heterocycles. The lowest BCUT2D eigenvalue weighted by atomic mass is 10.1. The lowest BCUT2D eigenvalue weighted by Gasteiger charge is -1.95. The van der Waals surface area contributed by atoms with Gasteiger partial charge in [0.05, 0.1) is 12.7 Å². The monoisotopic (exact) mass is 172 g/mol. The normalized spacial score (nSPS) is 27.5. The molecule has 0 amide bonds. The molecule has 0 saturated carbocycles. The molecule has 0 aromatic rings. The third kappa shape index (κ3) is 3.55. The molecule has 2 heteroatoms. The van der Waals surface area contributed by atoms with Gasteiger partial charge in [0, 0.05) is 7.11 Å². The van der Waals surface area contributed by atoms with Crippen LogP contribution in [0.2, 0.25) is 0 Å². The van der Waals surface area contributed by atoms with Crippen LogP contribution in [-0.4, -0.2) is 25.9 Å². The fraction of sp³-hybridized carbons (Fsp3) is 1.00. The highest BCUT2D eigenvalue weighted by Crippen LogP contribution is 2.27. The van der Waals surface area contributed by atoms with Gasteiger partial charge in [0.2, 0.25) is 0 Å². The summed E-state index contributed by atoms with van der Waals surface area (Å²) in [6.45, 7) is 3.01. The van der Waals surface area contributed by atoms with Crippen LogP contribution in [0.25, 0.3) is 0 Å². The summed E-state index contributed by atoms with van der Waals surface area (Å²) in [5.74, 6) is 0. The van der Waals surface area contributed by atoms with Gasteiger partial charge in [-0.05, 0) is 6.42 Å². The van der Waals surface area contributed by atoms with Crippen molar-refractivity contribution < 1.29 is 9.47 Å². The number of methoxy groups -OCH3 is 1. The molecule has 1 rings (SSSR count). The van der Waals surface area contributed by atoms with E-state index in [2.05, 4.69) is 6.92 Å². The number of ether oxygens (including phenoxy) is 2. The van der Waals surface area contributed by atoms with Crippen LogP contribution in [0.3, 0.4) is 0 Å². The van der Waals surface area contributed by atoms with Crippen molar-refractivity contribution in [3.8, 4) is 0 Å². The highest BCUT2D eigenvalue weighted by atomic mass is 16.6. The molecule has 1 aliphatic rings. The zero-order chi connectivity index (χ0) is 8.81. The summed E-state index contributed by atoms with van der Waals surface area (Å²) in [5.41, 5.74) is 0. The Labute approximate surface area is 75.2 Å². The van der Waals surface area contributed by atoms with Crippen LogP contribution < -0.4 is 0 Å². The molecular weight excluding hydrogens is 152 g/mol. The molecule has 1 saturated heterocycles. The predicted octanol–water partition coefficient (Wildman–Crippen LogP) is 2.37. The van der Waals surface area contributed by atoms with Crippen molar-refractivity contribution in [1.82, 2.24) is 0 Å². The molecule has 2 nitrogen and oxygen atoms in total. The molecule has 2 unspecified atom stereocenters. The average molecular weight is 172 g/mol. The van der Waals surface area contributed by atoms with Crippen molar-refractivity contribution >= 4 is 0 Å². The van der Waals surface area contributed by atoms with Crippen LogP contribution in [0, 0.1) is 0 Å². The summed E-state index contributed by atoms with van der Waals surface area (Å²) in [5, 5.41) is 0. The van der Waals surface area contributed by atoms with Gasteiger partial charge in [-0.3, -0.25) is 0 Å². The standard InChI is InChI=1S/C10H20O2/c1-3-4-5-6-7-9-10(12-9)8-11-2/h9-10H,3-8H2,1-2H3. The summed E-state index contributed by atoms with van der Waals surface area (Å²) in [6.07, 6.45) is 7.51. The lowest BCUT2D eigenvalue weighted by Crippen LogP contribution is -2.01. The van der Waals surface area contributed by atoms with E-state index in [-0.39, 0.29) is 0 Å². The number of hydrogen-bond donors (Lipinski definition) is 0. The highest BCUT2D eigenvalue weighted by molar-refractivity contribution is 4.83. The zero-order valence-corrected chi connectivity index (χ0v) is 8.21. The van der Waals surface area contributed by atoms with Gasteiger partial charge in [0.1, 0.15) is 6.10 Å². The second-order valence-corrected chi connectivity index (χ2v) is 3.52. The summed E-state index contributed by atoms with van der Waals surface area (Å²) in [6, 6.07) is 0. The molecule has 0 bridgehead atoms. The fourth-order valence-corrected chi connectivity index (χ4v) is 1.52. The smallest absolute Gasteiger partial charge is 0.107 e. The second kappa shape index (κ2) is 5.55. The molecule has 72 valence electrons. The van der Waals surface area contributed by atoms with Gasteiger partial charge >= 0.3 is 0 Å². The molecule has 1 aliphatic heterocycles. The van der Waals surface area contributed by atoms with E-state index >= 15 is 0 Å². The fourth-order valence-electron chi connectivity index (χ4n) is 1.52. The quantitative estimate of drug-likeness (QED) is 0.434. The van der Waals surface area contributed by atoms with Gasteiger partial charge in [-0.1, -0.05) is 32.6 Å². The Hall–Kier alpha value is -0.0800. The molecule has 1 fully saturated rings. The molecule has 0 spiro atoms. The first-order valence-corrected chi connectivity index (χ1v) is 5.03. The number of epoxide rings is 1. The van der Waals surface area contributed by atoms with E-state index < -0.39 is 0 Å². The Kier molecular flexibility index (Phi) is 4.62. The van der Waals surface area contributed by atoms with E-state index in [1.807, 2.05) is 0 Å². The summed E-state index contributed by atoms with van der Waals surface area (Å²) in [4.78, 5) is 0. The van der Waals surface area contributed by atoms with Crippen molar-refractivity contribution in [1.29, 1.82) is 0 Å². The Morgan fingerprint density at radius 3 is 2.67 bits per heavy atom. The molecular formula is C10H20O2. The van der Waals surface area contributed by atoms with Gasteiger partial charge in [-0.2, -0.15) is 0 Å². The maximum atomic E-state index is 5.41. The van der Waals surface area contributed by atoms with E-state index in [0.29, 0.717) is 12.2 Å². The maximum absolute atomic E-state index is 5.41. The van der Waals surface area contributed by atoms with Crippen molar-refractivity contribution in [2.45, 2.75) is 51.2 Å². The van der Waals surface area contributed by atoms with E-state index in [1.165, 1.54) is 32.1 Å². The van der Waals surface area contributed by atoms with E-state index in [0.717, 1.165) is 6.61 Å². The first-order chi connectivity index (χ1) is 5.88. The predicted molar refractivity (Wildman–Crippen MR) is 49.3 cm³/mol. The summed E-state index contributed by atoms with van der Waals surface area (Å²) < 4.78 is 10.4. The van der Waals surface area contributed by atoms with Crippen LogP contribution in [0.5, 0.6) is 0 Å². The number of unbranched alkanes of at least 4 members (excludes halogenated alkanes) is 3. The van der Waals surface area contributed by atoms with Crippen molar-refractivity contribution in [2.75, 3.05) is 13.7 Å². The molecule has 12 heavy (non-hydrogen) atoms. The molecule has 0 N–H and O–H groups in total. The molecule has 0 aromatic carbocycles. The Bertz CT molecular complexity index is 114. The van der Waals surface area contributed by atoms with Crippen molar-refractivity contribution in [3.05, 3.63) is 0 Å². The Morgan fingerprint density at radius 2 is 2.00 bits per heavy atom. The third-order valence-electron chi connectivity index (χ3n) is 2.36. The molecule has 1 heterocycles. The minimum atomic E-state index is 0.414. The molecule has 0 radical (unpaired) electrons. The van der Waals surface area contributed by atoms with Crippen LogP contribution in [0.15, 0.2) is 0 Å². The van der Waals surface area contributed by atoms with E-state index in [1.54, 1.807) is 7.11 Å². The topological polar surface area (TPSA) is 21.8 Å². The highest BCUT2D eigenvalue weighted by Gasteiger charge is 2.37. The van der Waals surface area contributed by atoms with Crippen LogP contribution in [0.1, 0.15) is 39.0 Å². The van der Waals surface area contributed by atoms with Crippen LogP contribution in [0.4, 0.5) is 0 Å². The maximum Gasteiger partial charge on any atom is 0.107 e. The minimum absolute atomic E-state index is 0.414. The van der Waals surface area contributed by atoms with Gasteiger partial charge in [-0.15, -0.1) is 0 Å². The SMILES string of the molecule is CCCCCCC1OC1COC. The van der Waals surface area contributed by atoms with Gasteiger partial charge in [-0.25, -0.2) is 0 Å².